The first-order valence-electron chi connectivity index (χ1n) is 10.3. The lowest BCUT2D eigenvalue weighted by atomic mass is 9.93. The van der Waals surface area contributed by atoms with Crippen LogP contribution >= 0.6 is 12.4 Å². The lowest BCUT2D eigenvalue weighted by Crippen LogP contribution is -2.29. The van der Waals surface area contributed by atoms with E-state index >= 15 is 0 Å². The van der Waals surface area contributed by atoms with Gasteiger partial charge in [0.25, 0.3) is 5.56 Å². The molecule has 0 saturated heterocycles. The van der Waals surface area contributed by atoms with Crippen molar-refractivity contribution in [3.05, 3.63) is 70.1 Å². The topological polar surface area (TPSA) is 97.4 Å². The standard InChI is InChI=1S/C24H29N3O3.ClH/c1-4-20(26-24(29)30)17-10-11-18-19(12-17)22(16-8-6-5-7-9-16)21(13-25)27(23(18)28)14-15(2)3;/h5-12,15,20,26H,4,13-14,25H2,1-3H3,(H,29,30);1H. The third-order valence-electron chi connectivity index (χ3n) is 5.31. The number of nitrogens with two attached hydrogens (primary N) is 1. The molecule has 4 N–H and O–H groups in total. The minimum absolute atomic E-state index is 0. The molecule has 0 aliphatic rings. The van der Waals surface area contributed by atoms with Crippen LogP contribution < -0.4 is 16.6 Å². The summed E-state index contributed by atoms with van der Waals surface area (Å²) in [5.74, 6) is 0.289. The van der Waals surface area contributed by atoms with E-state index in [4.69, 9.17) is 5.73 Å². The first-order chi connectivity index (χ1) is 14.4. The lowest BCUT2D eigenvalue weighted by molar-refractivity contribution is 0.189. The summed E-state index contributed by atoms with van der Waals surface area (Å²) in [6.45, 7) is 6.89. The summed E-state index contributed by atoms with van der Waals surface area (Å²) in [6.07, 6.45) is -0.465. The highest BCUT2D eigenvalue weighted by atomic mass is 35.5. The van der Waals surface area contributed by atoms with Gasteiger partial charge in [-0.1, -0.05) is 57.2 Å². The molecule has 3 aromatic rings. The normalized spacial score (nSPS) is 11.9. The Labute approximate surface area is 188 Å². The van der Waals surface area contributed by atoms with Gasteiger partial charge in [-0.2, -0.15) is 0 Å². The van der Waals surface area contributed by atoms with Crippen molar-refractivity contribution < 1.29 is 9.90 Å². The number of halogens is 1. The highest BCUT2D eigenvalue weighted by molar-refractivity contribution is 5.98. The average Bonchev–Trinajstić information content (AvgIpc) is 2.73. The fraction of sp³-hybridized carbons (Fsp3) is 0.333. The SMILES string of the molecule is CCC(NC(=O)O)c1ccc2c(=O)n(CC(C)C)c(CN)c(-c3ccccc3)c2c1.Cl. The number of nitrogens with one attached hydrogen (secondary N) is 1. The Hall–Kier alpha value is -2.83. The van der Waals surface area contributed by atoms with E-state index in [1.807, 2.05) is 55.5 Å². The van der Waals surface area contributed by atoms with Gasteiger partial charge in [-0.15, -0.1) is 12.4 Å². The van der Waals surface area contributed by atoms with Crippen LogP contribution in [-0.2, 0) is 13.1 Å². The molecule has 0 aliphatic heterocycles. The molecule has 0 radical (unpaired) electrons. The van der Waals surface area contributed by atoms with Crippen molar-refractivity contribution >= 4 is 29.3 Å². The fourth-order valence-corrected chi connectivity index (χ4v) is 4.00. The Morgan fingerprint density at radius 2 is 1.81 bits per heavy atom. The highest BCUT2D eigenvalue weighted by Gasteiger charge is 2.20. The first kappa shape index (κ1) is 24.4. The summed E-state index contributed by atoms with van der Waals surface area (Å²) in [5, 5.41) is 13.2. The van der Waals surface area contributed by atoms with Crippen LogP contribution in [0.5, 0.6) is 0 Å². The molecule has 1 aromatic heterocycles. The molecule has 7 heteroatoms. The molecule has 1 heterocycles. The van der Waals surface area contributed by atoms with Gasteiger partial charge in [0.2, 0.25) is 0 Å². The van der Waals surface area contributed by atoms with Crippen LogP contribution in [0.2, 0.25) is 0 Å². The predicted octanol–water partition coefficient (Wildman–Crippen LogP) is 4.92. The Morgan fingerprint density at radius 1 is 1.13 bits per heavy atom. The highest BCUT2D eigenvalue weighted by Crippen LogP contribution is 2.33. The van der Waals surface area contributed by atoms with Crippen LogP contribution in [-0.4, -0.2) is 15.8 Å². The van der Waals surface area contributed by atoms with Gasteiger partial charge in [-0.3, -0.25) is 4.79 Å². The van der Waals surface area contributed by atoms with E-state index < -0.39 is 6.09 Å². The molecule has 0 saturated carbocycles. The van der Waals surface area contributed by atoms with E-state index in [-0.39, 0.29) is 36.5 Å². The number of rotatable bonds is 7. The zero-order valence-electron chi connectivity index (χ0n) is 18.1. The lowest BCUT2D eigenvalue weighted by Gasteiger charge is -2.22. The molecule has 0 fully saturated rings. The van der Waals surface area contributed by atoms with Gasteiger partial charge in [-0.05, 0) is 41.0 Å². The number of amides is 1. The zero-order chi connectivity index (χ0) is 21.8. The fourth-order valence-electron chi connectivity index (χ4n) is 4.00. The molecule has 1 unspecified atom stereocenters. The van der Waals surface area contributed by atoms with Gasteiger partial charge in [0.1, 0.15) is 0 Å². The van der Waals surface area contributed by atoms with E-state index in [1.54, 1.807) is 4.57 Å². The molecular weight excluding hydrogens is 414 g/mol. The van der Waals surface area contributed by atoms with Gasteiger partial charge < -0.3 is 20.7 Å². The van der Waals surface area contributed by atoms with Crippen LogP contribution in [0.3, 0.4) is 0 Å². The maximum Gasteiger partial charge on any atom is 0.405 e. The molecule has 0 spiro atoms. The predicted molar refractivity (Wildman–Crippen MR) is 128 cm³/mol. The summed E-state index contributed by atoms with van der Waals surface area (Å²) in [6, 6.07) is 15.1. The van der Waals surface area contributed by atoms with Crippen LogP contribution in [0.25, 0.3) is 21.9 Å². The Balaban J connectivity index is 0.00000341. The van der Waals surface area contributed by atoms with Crippen molar-refractivity contribution in [1.82, 2.24) is 9.88 Å². The maximum absolute atomic E-state index is 13.4. The van der Waals surface area contributed by atoms with Crippen molar-refractivity contribution in [3.8, 4) is 11.1 Å². The number of fused-ring (bicyclic) bond motifs is 1. The smallest absolute Gasteiger partial charge is 0.405 e. The molecule has 166 valence electrons. The van der Waals surface area contributed by atoms with Gasteiger partial charge in [0.05, 0.1) is 6.04 Å². The Kier molecular flexibility index (Phi) is 8.25. The monoisotopic (exact) mass is 443 g/mol. The zero-order valence-corrected chi connectivity index (χ0v) is 18.9. The second-order valence-corrected chi connectivity index (χ2v) is 7.92. The van der Waals surface area contributed by atoms with Gasteiger partial charge >= 0.3 is 6.09 Å². The van der Waals surface area contributed by atoms with Crippen LogP contribution in [0.15, 0.2) is 53.3 Å². The van der Waals surface area contributed by atoms with Crippen molar-refractivity contribution in [1.29, 1.82) is 0 Å². The van der Waals surface area contributed by atoms with Crippen molar-refractivity contribution in [2.75, 3.05) is 0 Å². The van der Waals surface area contributed by atoms with Crippen LogP contribution in [0.1, 0.15) is 44.5 Å². The number of nitrogens with zero attached hydrogens (tertiary/aromatic N) is 1. The van der Waals surface area contributed by atoms with E-state index in [9.17, 15) is 14.7 Å². The number of pyridine rings is 1. The molecule has 0 aliphatic carbocycles. The quantitative estimate of drug-likeness (QED) is 0.482. The number of carbonyl (C=O) groups is 1. The third kappa shape index (κ3) is 5.09. The minimum Gasteiger partial charge on any atom is -0.465 e. The maximum atomic E-state index is 13.4. The molecule has 1 atom stereocenters. The summed E-state index contributed by atoms with van der Waals surface area (Å²) in [7, 11) is 0. The second kappa shape index (κ2) is 10.5. The molecular formula is C24H30ClN3O3. The van der Waals surface area contributed by atoms with Gasteiger partial charge in [-0.25, -0.2) is 4.79 Å². The molecule has 1 amide bonds. The van der Waals surface area contributed by atoms with Crippen molar-refractivity contribution in [2.24, 2.45) is 11.7 Å². The number of aromatic nitrogens is 1. The van der Waals surface area contributed by atoms with Gasteiger partial charge in [0.15, 0.2) is 0 Å². The van der Waals surface area contributed by atoms with E-state index in [0.717, 1.165) is 27.8 Å². The Morgan fingerprint density at radius 3 is 2.35 bits per heavy atom. The van der Waals surface area contributed by atoms with E-state index in [1.165, 1.54) is 0 Å². The number of hydrogen-bond acceptors (Lipinski definition) is 3. The van der Waals surface area contributed by atoms with Crippen LogP contribution in [0, 0.1) is 5.92 Å². The van der Waals surface area contributed by atoms with Crippen molar-refractivity contribution in [2.45, 2.75) is 46.3 Å². The minimum atomic E-state index is -1.07. The van der Waals surface area contributed by atoms with Gasteiger partial charge in [0, 0.05) is 29.7 Å². The molecule has 2 aromatic carbocycles. The Bertz CT molecular complexity index is 1110. The summed E-state index contributed by atoms with van der Waals surface area (Å²) in [4.78, 5) is 24.6. The van der Waals surface area contributed by atoms with E-state index in [0.29, 0.717) is 18.4 Å². The average molecular weight is 444 g/mol. The third-order valence-corrected chi connectivity index (χ3v) is 5.31. The first-order valence-corrected chi connectivity index (χ1v) is 10.3. The number of hydrogen-bond donors (Lipinski definition) is 3. The second-order valence-electron chi connectivity index (χ2n) is 7.92. The molecule has 6 nitrogen and oxygen atoms in total. The summed E-state index contributed by atoms with van der Waals surface area (Å²) in [5.41, 5.74) is 9.64. The van der Waals surface area contributed by atoms with E-state index in [2.05, 4.69) is 19.2 Å². The largest absolute Gasteiger partial charge is 0.465 e. The molecule has 3 rings (SSSR count). The number of carboxylic acid groups (broad SMARTS) is 1. The van der Waals surface area contributed by atoms with Crippen molar-refractivity contribution in [3.63, 3.8) is 0 Å². The molecule has 31 heavy (non-hydrogen) atoms. The summed E-state index contributed by atoms with van der Waals surface area (Å²) >= 11 is 0. The molecule has 0 bridgehead atoms. The van der Waals surface area contributed by atoms with Crippen LogP contribution in [0.4, 0.5) is 4.79 Å². The summed E-state index contributed by atoms with van der Waals surface area (Å²) < 4.78 is 1.79. The number of benzene rings is 2.